The van der Waals surface area contributed by atoms with Crippen molar-refractivity contribution in [3.05, 3.63) is 41.5 Å². The van der Waals surface area contributed by atoms with Crippen molar-refractivity contribution in [1.82, 2.24) is 4.90 Å². The number of nitrogens with one attached hydrogen (secondary N) is 1. The van der Waals surface area contributed by atoms with E-state index in [1.165, 1.54) is 16.8 Å². The van der Waals surface area contributed by atoms with Gasteiger partial charge in [0.15, 0.2) is 0 Å². The van der Waals surface area contributed by atoms with Crippen molar-refractivity contribution in [2.75, 3.05) is 11.9 Å². The Morgan fingerprint density at radius 1 is 1.33 bits per heavy atom. The van der Waals surface area contributed by atoms with Crippen LogP contribution in [-0.4, -0.2) is 28.9 Å². The van der Waals surface area contributed by atoms with Gasteiger partial charge in [-0.05, 0) is 31.9 Å². The van der Waals surface area contributed by atoms with E-state index in [9.17, 15) is 4.79 Å². The van der Waals surface area contributed by atoms with Gasteiger partial charge in [-0.2, -0.15) is 0 Å². The molecule has 1 amide bonds. The van der Waals surface area contributed by atoms with E-state index in [2.05, 4.69) is 54.4 Å². The van der Waals surface area contributed by atoms with E-state index in [1.807, 2.05) is 0 Å². The third-order valence-corrected chi connectivity index (χ3v) is 6.70. The van der Waals surface area contributed by atoms with Crippen molar-refractivity contribution >= 4 is 11.6 Å². The Morgan fingerprint density at radius 2 is 2.14 bits per heavy atom. The van der Waals surface area contributed by atoms with Crippen LogP contribution in [0.4, 0.5) is 5.69 Å². The Balaban J connectivity index is 1.82. The van der Waals surface area contributed by atoms with Crippen molar-refractivity contribution in [2.24, 2.45) is 5.92 Å². The minimum atomic E-state index is -0.0755. The summed E-state index contributed by atoms with van der Waals surface area (Å²) in [5.41, 5.74) is 4.17. The molecule has 2 bridgehead atoms. The molecular formula is C18H20N2O. The maximum atomic E-state index is 12.4. The first-order valence-corrected chi connectivity index (χ1v) is 7.94. The zero-order valence-electron chi connectivity index (χ0n) is 12.5. The second kappa shape index (κ2) is 3.34. The minimum Gasteiger partial charge on any atom is -0.378 e. The number of benzene rings is 1. The van der Waals surface area contributed by atoms with Crippen LogP contribution in [0.15, 0.2) is 35.9 Å². The Kier molecular flexibility index (Phi) is 1.89. The van der Waals surface area contributed by atoms with Crippen LogP contribution in [0, 0.1) is 5.92 Å². The standard InChI is InChI=1S/C18H20N2O/c1-11-9-12-10-15(21)20-8-7-18(11)13-5-3-4-6-14(13)19-16(18)17(12,20)2/h3-6,9,12,16,19H,7-8,10H2,1-2H3/t12-,16?,17+,18-/m1/s1. The summed E-state index contributed by atoms with van der Waals surface area (Å²) in [5.74, 6) is 0.685. The van der Waals surface area contributed by atoms with Gasteiger partial charge in [0.2, 0.25) is 5.91 Å². The third kappa shape index (κ3) is 1.06. The normalized spacial score (nSPS) is 42.3. The van der Waals surface area contributed by atoms with E-state index >= 15 is 0 Å². The van der Waals surface area contributed by atoms with Crippen molar-refractivity contribution in [2.45, 2.75) is 43.7 Å². The van der Waals surface area contributed by atoms with E-state index in [4.69, 9.17) is 0 Å². The summed E-state index contributed by atoms with van der Waals surface area (Å²) in [4.78, 5) is 14.6. The number of carbonyl (C=O) groups excluding carboxylic acids is 1. The monoisotopic (exact) mass is 280 g/mol. The molecule has 108 valence electrons. The summed E-state index contributed by atoms with van der Waals surface area (Å²) in [6.45, 7) is 5.46. The van der Waals surface area contributed by atoms with E-state index < -0.39 is 0 Å². The number of amides is 1. The molecule has 3 aliphatic heterocycles. The van der Waals surface area contributed by atoms with Crippen LogP contribution in [0.3, 0.4) is 0 Å². The first-order chi connectivity index (χ1) is 10.1. The highest BCUT2D eigenvalue weighted by Gasteiger charge is 2.67. The zero-order valence-corrected chi connectivity index (χ0v) is 12.5. The van der Waals surface area contributed by atoms with Gasteiger partial charge < -0.3 is 10.2 Å². The van der Waals surface area contributed by atoms with Crippen LogP contribution >= 0.6 is 0 Å². The molecule has 3 heterocycles. The lowest BCUT2D eigenvalue weighted by Gasteiger charge is -2.58. The third-order valence-electron chi connectivity index (χ3n) is 6.70. The van der Waals surface area contributed by atoms with Crippen LogP contribution in [0.2, 0.25) is 0 Å². The molecule has 0 radical (unpaired) electrons. The molecule has 4 atom stereocenters. The first kappa shape index (κ1) is 11.8. The van der Waals surface area contributed by atoms with Crippen LogP contribution in [0.1, 0.15) is 32.3 Å². The maximum absolute atomic E-state index is 12.4. The fourth-order valence-electron chi connectivity index (χ4n) is 5.67. The molecule has 21 heavy (non-hydrogen) atoms. The van der Waals surface area contributed by atoms with E-state index in [-0.39, 0.29) is 11.0 Å². The number of piperidine rings is 1. The zero-order chi connectivity index (χ0) is 14.4. The number of para-hydroxylation sites is 1. The van der Waals surface area contributed by atoms with Gasteiger partial charge >= 0.3 is 0 Å². The summed E-state index contributed by atoms with van der Waals surface area (Å²) in [5, 5.41) is 3.79. The largest absolute Gasteiger partial charge is 0.378 e. The van der Waals surface area contributed by atoms with Gasteiger partial charge in [-0.15, -0.1) is 0 Å². The fourth-order valence-corrected chi connectivity index (χ4v) is 5.67. The fraction of sp³-hybridized carbons (Fsp3) is 0.500. The summed E-state index contributed by atoms with van der Waals surface area (Å²) >= 11 is 0. The average Bonchev–Trinajstić information content (AvgIpc) is 2.95. The predicted octanol–water partition coefficient (Wildman–Crippen LogP) is 2.69. The summed E-state index contributed by atoms with van der Waals surface area (Å²) in [6.07, 6.45) is 4.12. The van der Waals surface area contributed by atoms with E-state index in [0.717, 1.165) is 13.0 Å². The van der Waals surface area contributed by atoms with Crippen LogP contribution in [-0.2, 0) is 10.2 Å². The van der Waals surface area contributed by atoms with Crippen molar-refractivity contribution < 1.29 is 4.79 Å². The molecule has 3 nitrogen and oxygen atoms in total. The Bertz CT molecular complexity index is 709. The smallest absolute Gasteiger partial charge is 0.223 e. The minimum absolute atomic E-state index is 0.0755. The number of hydrogen-bond acceptors (Lipinski definition) is 2. The number of hydrogen-bond donors (Lipinski definition) is 1. The molecule has 1 aromatic rings. The lowest BCUT2D eigenvalue weighted by molar-refractivity contribution is -0.133. The van der Waals surface area contributed by atoms with Gasteiger partial charge in [0.1, 0.15) is 0 Å². The predicted molar refractivity (Wildman–Crippen MR) is 82.1 cm³/mol. The molecular weight excluding hydrogens is 260 g/mol. The molecule has 1 aliphatic carbocycles. The number of nitrogens with zero attached hydrogens (tertiary/aromatic N) is 1. The number of fused-ring (bicyclic) bond motifs is 1. The lowest BCUT2D eigenvalue weighted by Crippen LogP contribution is -2.69. The quantitative estimate of drug-likeness (QED) is 0.741. The average molecular weight is 280 g/mol. The molecule has 0 aromatic heterocycles. The summed E-state index contributed by atoms with van der Waals surface area (Å²) in [7, 11) is 0. The molecule has 4 aliphatic rings. The molecule has 5 rings (SSSR count). The van der Waals surface area contributed by atoms with E-state index in [1.54, 1.807) is 0 Å². The van der Waals surface area contributed by atoms with Gasteiger partial charge in [-0.1, -0.05) is 29.8 Å². The highest BCUT2D eigenvalue weighted by Crippen LogP contribution is 2.61. The van der Waals surface area contributed by atoms with Crippen LogP contribution in [0.5, 0.6) is 0 Å². The first-order valence-electron chi connectivity index (χ1n) is 7.94. The number of rotatable bonds is 0. The van der Waals surface area contributed by atoms with Gasteiger partial charge in [0.05, 0.1) is 11.6 Å². The van der Waals surface area contributed by atoms with Crippen molar-refractivity contribution in [1.29, 1.82) is 0 Å². The maximum Gasteiger partial charge on any atom is 0.223 e. The molecule has 2 saturated heterocycles. The second-order valence-corrected chi connectivity index (χ2v) is 7.28. The van der Waals surface area contributed by atoms with Crippen LogP contribution in [0.25, 0.3) is 0 Å². The molecule has 1 unspecified atom stereocenters. The highest BCUT2D eigenvalue weighted by atomic mass is 16.2. The topological polar surface area (TPSA) is 32.3 Å². The van der Waals surface area contributed by atoms with Gasteiger partial charge in [-0.3, -0.25) is 4.79 Å². The lowest BCUT2D eigenvalue weighted by atomic mass is 9.55. The molecule has 1 aromatic carbocycles. The second-order valence-electron chi connectivity index (χ2n) is 7.28. The molecule has 0 saturated carbocycles. The van der Waals surface area contributed by atoms with Gasteiger partial charge in [0.25, 0.3) is 0 Å². The molecule has 1 N–H and O–H groups in total. The number of anilines is 1. The van der Waals surface area contributed by atoms with E-state index in [0.29, 0.717) is 24.3 Å². The van der Waals surface area contributed by atoms with Gasteiger partial charge in [-0.25, -0.2) is 0 Å². The highest BCUT2D eigenvalue weighted by molar-refractivity contribution is 5.83. The Morgan fingerprint density at radius 3 is 3.00 bits per heavy atom. The summed E-state index contributed by atoms with van der Waals surface area (Å²) < 4.78 is 0. The molecule has 2 fully saturated rings. The Labute approximate surface area is 125 Å². The number of carbonyl (C=O) groups is 1. The van der Waals surface area contributed by atoms with Crippen molar-refractivity contribution in [3.63, 3.8) is 0 Å². The van der Waals surface area contributed by atoms with Gasteiger partial charge in [0, 0.05) is 30.0 Å². The molecule has 3 heteroatoms. The Hall–Kier alpha value is -1.77. The van der Waals surface area contributed by atoms with Crippen molar-refractivity contribution in [3.8, 4) is 0 Å². The summed E-state index contributed by atoms with van der Waals surface area (Å²) in [6, 6.07) is 9.03. The molecule has 0 spiro atoms. The SMILES string of the molecule is CC1=C[C@@H]2CC(=O)N3CC[C@]14c1ccccc1NC4[C@]23C. The van der Waals surface area contributed by atoms with Crippen LogP contribution < -0.4 is 5.32 Å².